The number of halogens is 1. The Balaban J connectivity index is 2.13. The summed E-state index contributed by atoms with van der Waals surface area (Å²) in [5.41, 5.74) is 1.86. The van der Waals surface area contributed by atoms with Crippen LogP contribution in [0.4, 0.5) is 17.1 Å². The van der Waals surface area contributed by atoms with E-state index in [0.29, 0.717) is 11.3 Å². The first-order valence-corrected chi connectivity index (χ1v) is 7.73. The second kappa shape index (κ2) is 6.05. The Kier molecular flexibility index (Phi) is 4.07. The van der Waals surface area contributed by atoms with Crippen molar-refractivity contribution < 1.29 is 9.72 Å². The van der Waals surface area contributed by atoms with Crippen molar-refractivity contribution in [2.45, 2.75) is 19.9 Å². The number of para-hydroxylation sites is 1. The largest absolute Gasteiger partial charge is 0.304 e. The van der Waals surface area contributed by atoms with E-state index >= 15 is 0 Å². The van der Waals surface area contributed by atoms with Gasteiger partial charge in [0.2, 0.25) is 0 Å². The van der Waals surface area contributed by atoms with Crippen molar-refractivity contribution >= 4 is 40.3 Å². The van der Waals surface area contributed by atoms with Gasteiger partial charge in [0.1, 0.15) is 10.7 Å². The average molecular weight is 344 g/mol. The SMILES string of the molecule is CC(C)N1C(=O)C(=Nc2ccc(Cl)c([N+](=O)[O-])c2)c2ccccc21. The number of nitro groups is 1. The molecular weight excluding hydrogens is 330 g/mol. The smallest absolute Gasteiger partial charge is 0.290 e. The summed E-state index contributed by atoms with van der Waals surface area (Å²) in [6.07, 6.45) is 0. The van der Waals surface area contributed by atoms with Gasteiger partial charge in [0, 0.05) is 17.7 Å². The summed E-state index contributed by atoms with van der Waals surface area (Å²) in [6, 6.07) is 11.6. The third-order valence-electron chi connectivity index (χ3n) is 3.72. The molecule has 0 radical (unpaired) electrons. The van der Waals surface area contributed by atoms with Crippen molar-refractivity contribution in [3.8, 4) is 0 Å². The molecule has 0 aromatic heterocycles. The van der Waals surface area contributed by atoms with Gasteiger partial charge in [-0.2, -0.15) is 0 Å². The minimum absolute atomic E-state index is 0.0223. The Labute approximate surface area is 143 Å². The summed E-state index contributed by atoms with van der Waals surface area (Å²) >= 11 is 5.82. The van der Waals surface area contributed by atoms with E-state index in [4.69, 9.17) is 11.6 Å². The van der Waals surface area contributed by atoms with Gasteiger partial charge in [-0.25, -0.2) is 4.99 Å². The molecule has 0 aliphatic carbocycles. The maximum atomic E-state index is 12.7. The maximum absolute atomic E-state index is 12.7. The Morgan fingerprint density at radius 2 is 1.92 bits per heavy atom. The van der Waals surface area contributed by atoms with E-state index in [1.807, 2.05) is 38.1 Å². The van der Waals surface area contributed by atoms with E-state index in [1.54, 1.807) is 11.0 Å². The van der Waals surface area contributed by atoms with Crippen molar-refractivity contribution in [2.75, 3.05) is 4.90 Å². The molecule has 1 aliphatic rings. The van der Waals surface area contributed by atoms with Crippen LogP contribution in [0.25, 0.3) is 0 Å². The monoisotopic (exact) mass is 343 g/mol. The van der Waals surface area contributed by atoms with Crippen LogP contribution in [0.1, 0.15) is 19.4 Å². The van der Waals surface area contributed by atoms with Crippen LogP contribution >= 0.6 is 11.6 Å². The second-order valence-electron chi connectivity index (χ2n) is 5.64. The van der Waals surface area contributed by atoms with E-state index in [9.17, 15) is 14.9 Å². The lowest BCUT2D eigenvalue weighted by atomic mass is 10.1. The fourth-order valence-electron chi connectivity index (χ4n) is 2.68. The number of rotatable bonds is 3. The Bertz CT molecular complexity index is 877. The first kappa shape index (κ1) is 16.1. The van der Waals surface area contributed by atoms with Crippen LogP contribution in [0.3, 0.4) is 0 Å². The molecule has 0 saturated heterocycles. The number of hydrogen-bond donors (Lipinski definition) is 0. The molecule has 122 valence electrons. The first-order chi connectivity index (χ1) is 11.4. The fraction of sp³-hybridized carbons (Fsp3) is 0.176. The molecule has 2 aromatic rings. The standard InChI is InChI=1S/C17H14ClN3O3/c1-10(2)20-14-6-4-3-5-12(14)16(17(20)22)19-11-7-8-13(18)15(9-11)21(23)24/h3-10H,1-2H3. The minimum Gasteiger partial charge on any atom is -0.304 e. The molecule has 0 fully saturated rings. The van der Waals surface area contributed by atoms with E-state index in [2.05, 4.69) is 4.99 Å². The third kappa shape index (κ3) is 2.65. The minimum atomic E-state index is -0.573. The highest BCUT2D eigenvalue weighted by Crippen LogP contribution is 2.34. The topological polar surface area (TPSA) is 75.8 Å². The van der Waals surface area contributed by atoms with Gasteiger partial charge >= 0.3 is 0 Å². The second-order valence-corrected chi connectivity index (χ2v) is 6.05. The van der Waals surface area contributed by atoms with Crippen molar-refractivity contribution in [2.24, 2.45) is 4.99 Å². The molecule has 0 bridgehead atoms. The van der Waals surface area contributed by atoms with Gasteiger partial charge in [-0.1, -0.05) is 29.8 Å². The Hall–Kier alpha value is -2.73. The van der Waals surface area contributed by atoms with Crippen LogP contribution in [-0.2, 0) is 4.79 Å². The van der Waals surface area contributed by atoms with Crippen molar-refractivity contribution in [1.82, 2.24) is 0 Å². The van der Waals surface area contributed by atoms with Crippen LogP contribution in [0, 0.1) is 10.1 Å². The zero-order valence-electron chi connectivity index (χ0n) is 13.1. The van der Waals surface area contributed by atoms with Crippen molar-refractivity contribution in [3.05, 3.63) is 63.2 Å². The zero-order chi connectivity index (χ0) is 17.4. The van der Waals surface area contributed by atoms with E-state index in [1.165, 1.54) is 12.1 Å². The third-order valence-corrected chi connectivity index (χ3v) is 4.04. The summed E-state index contributed by atoms with van der Waals surface area (Å²) in [7, 11) is 0. The Morgan fingerprint density at radius 1 is 1.21 bits per heavy atom. The molecule has 1 amide bonds. The van der Waals surface area contributed by atoms with Crippen LogP contribution in [0.2, 0.25) is 5.02 Å². The van der Waals surface area contributed by atoms with Gasteiger partial charge in [0.15, 0.2) is 0 Å². The molecule has 0 N–H and O–H groups in total. The number of anilines is 1. The number of hydrogen-bond acceptors (Lipinski definition) is 4. The molecule has 0 saturated carbocycles. The average Bonchev–Trinajstić information content (AvgIpc) is 2.81. The van der Waals surface area contributed by atoms with Gasteiger partial charge in [-0.3, -0.25) is 14.9 Å². The lowest BCUT2D eigenvalue weighted by Crippen LogP contribution is -2.35. The highest BCUT2D eigenvalue weighted by Gasteiger charge is 2.35. The molecule has 3 rings (SSSR count). The molecular formula is C17H14ClN3O3. The van der Waals surface area contributed by atoms with E-state index < -0.39 is 4.92 Å². The molecule has 0 spiro atoms. The molecule has 2 aromatic carbocycles. The van der Waals surface area contributed by atoms with Crippen LogP contribution < -0.4 is 4.90 Å². The van der Waals surface area contributed by atoms with Gasteiger partial charge in [-0.15, -0.1) is 0 Å². The number of aliphatic imine (C=N–C) groups is 1. The highest BCUT2D eigenvalue weighted by atomic mass is 35.5. The van der Waals surface area contributed by atoms with Gasteiger partial charge in [0.25, 0.3) is 11.6 Å². The normalized spacial score (nSPS) is 15.2. The molecule has 24 heavy (non-hydrogen) atoms. The Morgan fingerprint density at radius 3 is 2.58 bits per heavy atom. The molecule has 6 nitrogen and oxygen atoms in total. The highest BCUT2D eigenvalue weighted by molar-refractivity contribution is 6.54. The molecule has 1 heterocycles. The lowest BCUT2D eigenvalue weighted by molar-refractivity contribution is -0.384. The quantitative estimate of drug-likeness (QED) is 0.621. The number of benzene rings is 2. The summed E-state index contributed by atoms with van der Waals surface area (Å²) < 4.78 is 0. The van der Waals surface area contributed by atoms with Crippen molar-refractivity contribution in [3.63, 3.8) is 0 Å². The fourth-order valence-corrected chi connectivity index (χ4v) is 2.87. The van der Waals surface area contributed by atoms with Gasteiger partial charge in [0.05, 0.1) is 16.3 Å². The van der Waals surface area contributed by atoms with Gasteiger partial charge < -0.3 is 4.90 Å². The molecule has 0 atom stereocenters. The zero-order valence-corrected chi connectivity index (χ0v) is 13.8. The lowest BCUT2D eigenvalue weighted by Gasteiger charge is -2.20. The maximum Gasteiger partial charge on any atom is 0.290 e. The summed E-state index contributed by atoms with van der Waals surface area (Å²) in [5.74, 6) is -0.219. The number of fused-ring (bicyclic) bond motifs is 1. The number of carbonyl (C=O) groups excluding carboxylic acids is 1. The predicted octanol–water partition coefficient (Wildman–Crippen LogP) is 4.12. The molecule has 1 aliphatic heterocycles. The number of amides is 1. The summed E-state index contributed by atoms with van der Waals surface area (Å²) in [6.45, 7) is 3.84. The van der Waals surface area contributed by atoms with E-state index in [-0.39, 0.29) is 28.4 Å². The first-order valence-electron chi connectivity index (χ1n) is 7.35. The number of nitro benzene ring substituents is 1. The summed E-state index contributed by atoms with van der Waals surface area (Å²) in [5, 5.41) is 11.0. The predicted molar refractivity (Wildman–Crippen MR) is 93.4 cm³/mol. The van der Waals surface area contributed by atoms with Crippen LogP contribution in [0.5, 0.6) is 0 Å². The van der Waals surface area contributed by atoms with Gasteiger partial charge in [-0.05, 0) is 32.0 Å². The molecule has 0 unspecified atom stereocenters. The number of nitrogens with zero attached hydrogens (tertiary/aromatic N) is 3. The molecule has 7 heteroatoms. The number of carbonyl (C=O) groups is 1. The van der Waals surface area contributed by atoms with Crippen molar-refractivity contribution in [1.29, 1.82) is 0 Å². The van der Waals surface area contributed by atoms with Crippen LogP contribution in [-0.4, -0.2) is 22.6 Å². The summed E-state index contributed by atoms with van der Waals surface area (Å²) in [4.78, 5) is 29.2. The van der Waals surface area contributed by atoms with E-state index in [0.717, 1.165) is 5.69 Å². The van der Waals surface area contributed by atoms with Crippen LogP contribution in [0.15, 0.2) is 47.5 Å².